The molecular weight excluding hydrogens is 420 g/mol. The zero-order valence-electron chi connectivity index (χ0n) is 20.2. The van der Waals surface area contributed by atoms with Gasteiger partial charge in [0, 0.05) is 13.0 Å². The minimum Gasteiger partial charge on any atom is -0.489 e. The lowest BCUT2D eigenvalue weighted by Crippen LogP contribution is -2.13. The Labute approximate surface area is 195 Å². The van der Waals surface area contributed by atoms with Crippen LogP contribution in [0.4, 0.5) is 0 Å². The molecular formula is C27H34O6. The zero-order chi connectivity index (χ0) is 24.2. The van der Waals surface area contributed by atoms with Gasteiger partial charge in [-0.05, 0) is 64.7 Å². The van der Waals surface area contributed by atoms with E-state index in [9.17, 15) is 9.59 Å². The summed E-state index contributed by atoms with van der Waals surface area (Å²) in [7, 11) is 0. The van der Waals surface area contributed by atoms with E-state index in [1.807, 2.05) is 25.2 Å². The van der Waals surface area contributed by atoms with E-state index in [1.165, 1.54) is 18.1 Å². The molecule has 0 N–H and O–H groups in total. The van der Waals surface area contributed by atoms with Gasteiger partial charge in [0.2, 0.25) is 5.75 Å². The van der Waals surface area contributed by atoms with E-state index in [2.05, 4.69) is 26.8 Å². The van der Waals surface area contributed by atoms with Crippen LogP contribution < -0.4 is 19.8 Å². The molecule has 0 radical (unpaired) electrons. The van der Waals surface area contributed by atoms with Crippen molar-refractivity contribution < 1.29 is 23.4 Å². The monoisotopic (exact) mass is 454 g/mol. The molecule has 6 heteroatoms. The first kappa shape index (κ1) is 26.0. The third-order valence-corrected chi connectivity index (χ3v) is 4.74. The summed E-state index contributed by atoms with van der Waals surface area (Å²) in [5, 5.41) is 0.463. The van der Waals surface area contributed by atoms with Gasteiger partial charge in [0.25, 0.3) is 0 Å². The van der Waals surface area contributed by atoms with Crippen LogP contribution in [0.25, 0.3) is 11.0 Å². The lowest BCUT2D eigenvalue weighted by molar-refractivity contribution is -0.131. The lowest BCUT2D eigenvalue weighted by Gasteiger charge is -2.12. The van der Waals surface area contributed by atoms with Crippen LogP contribution in [0.15, 0.2) is 62.9 Å². The predicted octanol–water partition coefficient (Wildman–Crippen LogP) is 6.52. The fourth-order valence-corrected chi connectivity index (χ4v) is 3.08. The number of carbonyl (C=O) groups is 1. The summed E-state index contributed by atoms with van der Waals surface area (Å²) in [5.74, 6) is -0.0428. The number of allylic oxidation sites excluding steroid dienone is 4. The standard InChI is InChI=1S/C27H34O6/c1-6-7-8-9-16-31-26-25(32-21(5)28)23-14-13-22(18-24(23)33-27(26)29)30-17-15-20(4)12-10-11-19(2)3/h7-8,11,13-15,18H,6,9-10,12,16-17H2,1-5H3. The van der Waals surface area contributed by atoms with Gasteiger partial charge in [0.15, 0.2) is 5.75 Å². The van der Waals surface area contributed by atoms with Crippen LogP contribution in [0, 0.1) is 0 Å². The van der Waals surface area contributed by atoms with Gasteiger partial charge in [-0.25, -0.2) is 4.79 Å². The van der Waals surface area contributed by atoms with Crippen molar-refractivity contribution in [3.8, 4) is 17.2 Å². The van der Waals surface area contributed by atoms with E-state index >= 15 is 0 Å². The Morgan fingerprint density at radius 1 is 1.00 bits per heavy atom. The Balaban J connectivity index is 2.20. The smallest absolute Gasteiger partial charge is 0.383 e. The van der Waals surface area contributed by atoms with Crippen molar-refractivity contribution in [1.29, 1.82) is 0 Å². The molecule has 0 atom stereocenters. The normalized spacial score (nSPS) is 11.6. The van der Waals surface area contributed by atoms with Crippen LogP contribution in [0.3, 0.4) is 0 Å². The average molecular weight is 455 g/mol. The molecule has 0 aliphatic heterocycles. The third kappa shape index (κ3) is 8.64. The minimum atomic E-state index is -0.703. The molecule has 1 heterocycles. The SMILES string of the molecule is CCC=CCCOc1c(OC(C)=O)c2ccc(OCC=C(C)CCC=C(C)C)cc2oc1=O. The molecule has 0 saturated carbocycles. The molecule has 1 aromatic heterocycles. The summed E-state index contributed by atoms with van der Waals surface area (Å²) in [6, 6.07) is 5.06. The molecule has 0 saturated heterocycles. The second-order valence-electron chi connectivity index (χ2n) is 8.00. The number of benzene rings is 1. The fourth-order valence-electron chi connectivity index (χ4n) is 3.08. The van der Waals surface area contributed by atoms with Crippen LogP contribution in [0.1, 0.15) is 60.3 Å². The third-order valence-electron chi connectivity index (χ3n) is 4.74. The first-order chi connectivity index (χ1) is 15.8. The van der Waals surface area contributed by atoms with Crippen molar-refractivity contribution in [3.63, 3.8) is 0 Å². The Morgan fingerprint density at radius 3 is 2.48 bits per heavy atom. The van der Waals surface area contributed by atoms with Crippen molar-refractivity contribution >= 4 is 16.9 Å². The largest absolute Gasteiger partial charge is 0.489 e. The molecule has 0 unspecified atom stereocenters. The highest BCUT2D eigenvalue weighted by atomic mass is 16.6. The molecule has 33 heavy (non-hydrogen) atoms. The van der Waals surface area contributed by atoms with Gasteiger partial charge in [-0.2, -0.15) is 0 Å². The quantitative estimate of drug-likeness (QED) is 0.157. The number of fused-ring (bicyclic) bond motifs is 1. The highest BCUT2D eigenvalue weighted by Crippen LogP contribution is 2.35. The summed E-state index contributed by atoms with van der Waals surface area (Å²) in [4.78, 5) is 24.2. The number of ether oxygens (including phenoxy) is 3. The highest BCUT2D eigenvalue weighted by molar-refractivity contribution is 5.89. The van der Waals surface area contributed by atoms with Crippen LogP contribution >= 0.6 is 0 Å². The van der Waals surface area contributed by atoms with E-state index in [1.54, 1.807) is 18.2 Å². The summed E-state index contributed by atoms with van der Waals surface area (Å²) in [5.41, 5.74) is 2.11. The second-order valence-corrected chi connectivity index (χ2v) is 8.00. The van der Waals surface area contributed by atoms with Gasteiger partial charge in [0.05, 0.1) is 12.0 Å². The molecule has 0 aliphatic rings. The van der Waals surface area contributed by atoms with Crippen molar-refractivity contribution in [2.24, 2.45) is 0 Å². The second kappa shape index (κ2) is 13.3. The predicted molar refractivity (Wildman–Crippen MR) is 131 cm³/mol. The van der Waals surface area contributed by atoms with Gasteiger partial charge >= 0.3 is 11.6 Å². The highest BCUT2D eigenvalue weighted by Gasteiger charge is 2.20. The fraction of sp³-hybridized carbons (Fsp3) is 0.407. The number of hydrogen-bond acceptors (Lipinski definition) is 6. The van der Waals surface area contributed by atoms with E-state index < -0.39 is 11.6 Å². The first-order valence-corrected chi connectivity index (χ1v) is 11.3. The van der Waals surface area contributed by atoms with Crippen molar-refractivity contribution in [1.82, 2.24) is 0 Å². The summed E-state index contributed by atoms with van der Waals surface area (Å²) < 4.78 is 22.2. The van der Waals surface area contributed by atoms with E-state index in [4.69, 9.17) is 18.6 Å². The molecule has 0 aliphatic carbocycles. The summed E-state index contributed by atoms with van der Waals surface area (Å²) in [6.07, 6.45) is 11.8. The average Bonchev–Trinajstić information content (AvgIpc) is 2.74. The van der Waals surface area contributed by atoms with Crippen molar-refractivity contribution in [2.75, 3.05) is 13.2 Å². The molecule has 2 rings (SSSR count). The van der Waals surface area contributed by atoms with E-state index in [-0.39, 0.29) is 23.7 Å². The zero-order valence-corrected chi connectivity index (χ0v) is 20.2. The van der Waals surface area contributed by atoms with Gasteiger partial charge in [-0.15, -0.1) is 0 Å². The van der Waals surface area contributed by atoms with Crippen molar-refractivity contribution in [3.05, 3.63) is 64.1 Å². The van der Waals surface area contributed by atoms with Gasteiger partial charge in [-0.3, -0.25) is 4.79 Å². The Kier molecular flexibility index (Phi) is 10.5. The molecule has 2 aromatic rings. The van der Waals surface area contributed by atoms with Gasteiger partial charge < -0.3 is 18.6 Å². The molecule has 178 valence electrons. The Bertz CT molecular complexity index is 1080. The summed E-state index contributed by atoms with van der Waals surface area (Å²) >= 11 is 0. The molecule has 0 bridgehead atoms. The van der Waals surface area contributed by atoms with Crippen LogP contribution in [0.5, 0.6) is 17.2 Å². The number of carbonyl (C=O) groups excluding carboxylic acids is 1. The molecule has 0 amide bonds. The summed E-state index contributed by atoms with van der Waals surface area (Å²) in [6.45, 7) is 10.2. The van der Waals surface area contributed by atoms with Crippen LogP contribution in [-0.2, 0) is 4.79 Å². The van der Waals surface area contributed by atoms with E-state index in [0.29, 0.717) is 24.2 Å². The number of rotatable bonds is 12. The first-order valence-electron chi connectivity index (χ1n) is 11.3. The van der Waals surface area contributed by atoms with Crippen molar-refractivity contribution in [2.45, 2.75) is 60.3 Å². The maximum atomic E-state index is 12.6. The maximum absolute atomic E-state index is 12.6. The molecule has 6 nitrogen and oxygen atoms in total. The van der Waals surface area contributed by atoms with Gasteiger partial charge in [-0.1, -0.05) is 36.3 Å². The molecule has 0 spiro atoms. The maximum Gasteiger partial charge on any atom is 0.383 e. The molecule has 1 aromatic carbocycles. The Hall–Kier alpha value is -3.28. The molecule has 0 fully saturated rings. The number of esters is 1. The number of hydrogen-bond donors (Lipinski definition) is 0. The van der Waals surface area contributed by atoms with Gasteiger partial charge in [0.1, 0.15) is 17.9 Å². The Morgan fingerprint density at radius 2 is 1.79 bits per heavy atom. The van der Waals surface area contributed by atoms with Crippen LogP contribution in [-0.4, -0.2) is 19.2 Å². The van der Waals surface area contributed by atoms with Crippen LogP contribution in [0.2, 0.25) is 0 Å². The minimum absolute atomic E-state index is 0.0646. The van der Waals surface area contributed by atoms with E-state index in [0.717, 1.165) is 19.3 Å². The lowest BCUT2D eigenvalue weighted by atomic mass is 10.1. The topological polar surface area (TPSA) is 75.0 Å².